The van der Waals surface area contributed by atoms with Gasteiger partial charge in [-0.1, -0.05) is 12.1 Å². The predicted octanol–water partition coefficient (Wildman–Crippen LogP) is 2.63. The Morgan fingerprint density at radius 2 is 1.76 bits per heavy atom. The lowest BCUT2D eigenvalue weighted by Gasteiger charge is -2.11. The summed E-state index contributed by atoms with van der Waals surface area (Å²) < 4.78 is 40.2. The molecule has 0 aliphatic heterocycles. The summed E-state index contributed by atoms with van der Waals surface area (Å²) in [7, 11) is -3.98. The summed E-state index contributed by atoms with van der Waals surface area (Å²) in [5, 5.41) is 8.77. The lowest BCUT2D eigenvalue weighted by Crippen LogP contribution is -2.15. The number of hydrogen-bond acceptors (Lipinski definition) is 3. The molecular weight excluding hydrogens is 297 g/mol. The zero-order valence-corrected chi connectivity index (χ0v) is 11.8. The molecular formula is C14H12FNO4S. The number of aryl methyl sites for hydroxylation is 1. The topological polar surface area (TPSA) is 83.5 Å². The molecule has 0 fully saturated rings. The standard InChI is InChI=1S/C14H12FNO4S/c1-9-3-2-4-12(15)13(9)16-21(19,20)11-7-5-10(6-8-11)14(17)18/h2-8,16H,1H3,(H,17,18). The molecule has 2 rings (SSSR count). The highest BCUT2D eigenvalue weighted by atomic mass is 32.2. The van der Waals surface area contributed by atoms with Crippen molar-refractivity contribution in [2.24, 2.45) is 0 Å². The van der Waals surface area contributed by atoms with E-state index in [0.29, 0.717) is 5.56 Å². The molecule has 2 aromatic carbocycles. The van der Waals surface area contributed by atoms with E-state index in [1.54, 1.807) is 13.0 Å². The highest BCUT2D eigenvalue weighted by Gasteiger charge is 2.18. The van der Waals surface area contributed by atoms with Crippen molar-refractivity contribution in [1.29, 1.82) is 0 Å². The van der Waals surface area contributed by atoms with Crippen LogP contribution >= 0.6 is 0 Å². The van der Waals surface area contributed by atoms with Crippen molar-refractivity contribution in [1.82, 2.24) is 0 Å². The quantitative estimate of drug-likeness (QED) is 0.909. The van der Waals surface area contributed by atoms with Gasteiger partial charge in [0.25, 0.3) is 10.0 Å². The van der Waals surface area contributed by atoms with E-state index >= 15 is 0 Å². The van der Waals surface area contributed by atoms with Crippen LogP contribution in [-0.4, -0.2) is 19.5 Å². The number of anilines is 1. The first kappa shape index (κ1) is 15.0. The molecule has 0 bridgehead atoms. The van der Waals surface area contributed by atoms with Crippen molar-refractivity contribution in [2.75, 3.05) is 4.72 Å². The van der Waals surface area contributed by atoms with Gasteiger partial charge in [0.2, 0.25) is 0 Å². The molecule has 0 heterocycles. The number of aromatic carboxylic acids is 1. The lowest BCUT2D eigenvalue weighted by molar-refractivity contribution is 0.0696. The molecule has 0 spiro atoms. The highest BCUT2D eigenvalue weighted by molar-refractivity contribution is 7.92. The minimum atomic E-state index is -3.98. The first-order valence-corrected chi connectivity index (χ1v) is 7.41. The number of hydrogen-bond donors (Lipinski definition) is 2. The molecule has 0 unspecified atom stereocenters. The third kappa shape index (κ3) is 3.19. The van der Waals surface area contributed by atoms with Gasteiger partial charge in [-0.3, -0.25) is 4.72 Å². The summed E-state index contributed by atoms with van der Waals surface area (Å²) in [5.41, 5.74) is 0.288. The van der Waals surface area contributed by atoms with Crippen LogP contribution < -0.4 is 4.72 Å². The Balaban J connectivity index is 2.36. The minimum absolute atomic E-state index is 0.0315. The van der Waals surface area contributed by atoms with Crippen LogP contribution in [0.2, 0.25) is 0 Å². The van der Waals surface area contributed by atoms with E-state index in [0.717, 1.165) is 18.2 Å². The smallest absolute Gasteiger partial charge is 0.335 e. The van der Waals surface area contributed by atoms with Crippen LogP contribution in [0.5, 0.6) is 0 Å². The van der Waals surface area contributed by atoms with Crippen LogP contribution in [-0.2, 0) is 10.0 Å². The number of carbonyl (C=O) groups is 1. The van der Waals surface area contributed by atoms with E-state index in [4.69, 9.17) is 5.11 Å². The first-order chi connectivity index (χ1) is 9.81. The number of sulfonamides is 1. The SMILES string of the molecule is Cc1cccc(F)c1NS(=O)(=O)c1ccc(C(=O)O)cc1. The normalized spacial score (nSPS) is 11.1. The molecule has 2 N–H and O–H groups in total. The van der Waals surface area contributed by atoms with Gasteiger partial charge in [0.15, 0.2) is 0 Å². The van der Waals surface area contributed by atoms with Gasteiger partial charge in [-0.2, -0.15) is 0 Å². The maximum absolute atomic E-state index is 13.7. The average Bonchev–Trinajstić information content (AvgIpc) is 2.43. The van der Waals surface area contributed by atoms with Gasteiger partial charge in [0, 0.05) is 0 Å². The molecule has 0 aromatic heterocycles. The molecule has 0 aliphatic rings. The largest absolute Gasteiger partial charge is 0.478 e. The third-order valence-electron chi connectivity index (χ3n) is 2.87. The second-order valence-corrected chi connectivity index (χ2v) is 6.05. The Labute approximate surface area is 121 Å². The number of carboxylic acid groups (broad SMARTS) is 1. The van der Waals surface area contributed by atoms with E-state index in [1.807, 2.05) is 0 Å². The highest BCUT2D eigenvalue weighted by Crippen LogP contribution is 2.23. The lowest BCUT2D eigenvalue weighted by atomic mass is 10.2. The van der Waals surface area contributed by atoms with E-state index in [2.05, 4.69) is 4.72 Å². The van der Waals surface area contributed by atoms with Gasteiger partial charge < -0.3 is 5.11 Å². The second kappa shape index (κ2) is 5.53. The summed E-state index contributed by atoms with van der Waals surface area (Å²) in [6.07, 6.45) is 0. The minimum Gasteiger partial charge on any atom is -0.478 e. The zero-order chi connectivity index (χ0) is 15.6. The van der Waals surface area contributed by atoms with Crippen molar-refractivity contribution in [3.8, 4) is 0 Å². The fourth-order valence-corrected chi connectivity index (χ4v) is 2.87. The van der Waals surface area contributed by atoms with Crippen LogP contribution in [0.15, 0.2) is 47.4 Å². The Kier molecular flexibility index (Phi) is 3.95. The summed E-state index contributed by atoms with van der Waals surface area (Å²) >= 11 is 0. The summed E-state index contributed by atoms with van der Waals surface area (Å²) in [4.78, 5) is 10.6. The number of carboxylic acids is 1. The molecule has 2 aromatic rings. The summed E-state index contributed by atoms with van der Waals surface area (Å²) in [6, 6.07) is 8.86. The van der Waals surface area contributed by atoms with Crippen LogP contribution in [0, 0.1) is 12.7 Å². The molecule has 0 atom stereocenters. The number of halogens is 1. The van der Waals surface area contributed by atoms with Crippen molar-refractivity contribution < 1.29 is 22.7 Å². The maximum Gasteiger partial charge on any atom is 0.335 e. The molecule has 110 valence electrons. The fraction of sp³-hybridized carbons (Fsp3) is 0.0714. The van der Waals surface area contributed by atoms with E-state index in [9.17, 15) is 17.6 Å². The van der Waals surface area contributed by atoms with Crippen molar-refractivity contribution in [2.45, 2.75) is 11.8 Å². The van der Waals surface area contributed by atoms with Crippen LogP contribution in [0.25, 0.3) is 0 Å². The molecule has 5 nitrogen and oxygen atoms in total. The Morgan fingerprint density at radius 3 is 2.29 bits per heavy atom. The van der Waals surface area contributed by atoms with Crippen LogP contribution in [0.3, 0.4) is 0 Å². The fourth-order valence-electron chi connectivity index (χ4n) is 1.73. The molecule has 0 saturated heterocycles. The Bertz CT molecular complexity index is 765. The number of benzene rings is 2. The average molecular weight is 309 g/mol. The molecule has 0 amide bonds. The Morgan fingerprint density at radius 1 is 1.14 bits per heavy atom. The number of nitrogens with one attached hydrogen (secondary N) is 1. The van der Waals surface area contributed by atoms with Crippen LogP contribution in [0.4, 0.5) is 10.1 Å². The summed E-state index contributed by atoms with van der Waals surface area (Å²) in [6.45, 7) is 1.58. The van der Waals surface area contributed by atoms with E-state index < -0.39 is 21.8 Å². The van der Waals surface area contributed by atoms with Gasteiger partial charge in [0.1, 0.15) is 5.82 Å². The van der Waals surface area contributed by atoms with Gasteiger partial charge >= 0.3 is 5.97 Å². The van der Waals surface area contributed by atoms with Gasteiger partial charge in [-0.25, -0.2) is 17.6 Å². The molecule has 0 radical (unpaired) electrons. The maximum atomic E-state index is 13.7. The second-order valence-electron chi connectivity index (χ2n) is 4.37. The van der Waals surface area contributed by atoms with Crippen LogP contribution in [0.1, 0.15) is 15.9 Å². The van der Waals surface area contributed by atoms with Gasteiger partial charge in [0.05, 0.1) is 16.1 Å². The van der Waals surface area contributed by atoms with E-state index in [1.165, 1.54) is 18.2 Å². The molecule has 0 aliphatic carbocycles. The summed E-state index contributed by atoms with van der Waals surface area (Å²) in [5.74, 6) is -1.84. The van der Waals surface area contributed by atoms with Crippen molar-refractivity contribution >= 4 is 21.7 Å². The Hall–Kier alpha value is -2.41. The number of rotatable bonds is 4. The number of para-hydroxylation sites is 1. The van der Waals surface area contributed by atoms with Gasteiger partial charge in [-0.05, 0) is 42.8 Å². The molecule has 0 saturated carbocycles. The van der Waals surface area contributed by atoms with Crippen molar-refractivity contribution in [3.63, 3.8) is 0 Å². The third-order valence-corrected chi connectivity index (χ3v) is 4.24. The van der Waals surface area contributed by atoms with E-state index in [-0.39, 0.29) is 16.1 Å². The van der Waals surface area contributed by atoms with Crippen molar-refractivity contribution in [3.05, 3.63) is 59.4 Å². The first-order valence-electron chi connectivity index (χ1n) is 5.92. The monoisotopic (exact) mass is 309 g/mol. The molecule has 7 heteroatoms. The predicted molar refractivity (Wildman–Crippen MR) is 75.3 cm³/mol. The molecule has 21 heavy (non-hydrogen) atoms. The van der Waals surface area contributed by atoms with Gasteiger partial charge in [-0.15, -0.1) is 0 Å². The zero-order valence-electron chi connectivity index (χ0n) is 11.0.